The van der Waals surface area contributed by atoms with Crippen LogP contribution in [0.3, 0.4) is 0 Å². The average Bonchev–Trinajstić information content (AvgIpc) is 3.38. The topological polar surface area (TPSA) is 76.1 Å². The molecule has 0 radical (unpaired) electrons. The van der Waals surface area contributed by atoms with Crippen molar-refractivity contribution in [1.29, 1.82) is 0 Å². The van der Waals surface area contributed by atoms with Gasteiger partial charge in [-0.05, 0) is 52.8 Å². The summed E-state index contributed by atoms with van der Waals surface area (Å²) in [4.78, 5) is 26.7. The molecule has 1 N–H and O–H groups in total. The molecule has 2 bridgehead atoms. The first kappa shape index (κ1) is 24.2. The number of carbonyl (C=O) groups is 2. The van der Waals surface area contributed by atoms with Crippen LogP contribution in [-0.4, -0.2) is 47.4 Å². The molecule has 2 aliphatic heterocycles. The SMILES string of the molecule is O=C(O)COC1(c2ccc(Br)cc2)CC2CCC(C1)N2C(=O)OCC1c2ccccc2-c2ccccc21. The van der Waals surface area contributed by atoms with Gasteiger partial charge in [-0.15, -0.1) is 0 Å². The Labute approximate surface area is 224 Å². The number of benzene rings is 3. The van der Waals surface area contributed by atoms with Crippen LogP contribution in [0.15, 0.2) is 77.3 Å². The van der Waals surface area contributed by atoms with Crippen molar-refractivity contribution in [3.8, 4) is 11.1 Å². The van der Waals surface area contributed by atoms with Gasteiger partial charge in [-0.2, -0.15) is 0 Å². The highest BCUT2D eigenvalue weighted by molar-refractivity contribution is 9.10. The monoisotopic (exact) mass is 561 g/mol. The predicted octanol–water partition coefficient (Wildman–Crippen LogP) is 6.32. The van der Waals surface area contributed by atoms with E-state index in [-0.39, 0.29) is 37.3 Å². The lowest BCUT2D eigenvalue weighted by molar-refractivity contribution is -0.157. The average molecular weight is 562 g/mol. The third-order valence-corrected chi connectivity index (χ3v) is 8.67. The Bertz CT molecular complexity index is 1280. The van der Waals surface area contributed by atoms with Gasteiger partial charge in [0.2, 0.25) is 0 Å². The van der Waals surface area contributed by atoms with Crippen molar-refractivity contribution < 1.29 is 24.2 Å². The first-order chi connectivity index (χ1) is 17.9. The Morgan fingerprint density at radius 2 is 1.46 bits per heavy atom. The number of halogens is 1. The second-order valence-corrected chi connectivity index (χ2v) is 11.1. The van der Waals surface area contributed by atoms with Gasteiger partial charge in [-0.25, -0.2) is 9.59 Å². The molecule has 6 rings (SSSR count). The Balaban J connectivity index is 1.20. The smallest absolute Gasteiger partial charge is 0.410 e. The van der Waals surface area contributed by atoms with Crippen LogP contribution in [0, 0.1) is 0 Å². The van der Waals surface area contributed by atoms with Gasteiger partial charge in [0, 0.05) is 35.3 Å². The molecule has 6 nitrogen and oxygen atoms in total. The predicted molar refractivity (Wildman–Crippen MR) is 142 cm³/mol. The number of carboxylic acids is 1. The largest absolute Gasteiger partial charge is 0.480 e. The zero-order valence-electron chi connectivity index (χ0n) is 20.3. The van der Waals surface area contributed by atoms with Gasteiger partial charge >= 0.3 is 12.1 Å². The van der Waals surface area contributed by atoms with E-state index < -0.39 is 11.6 Å². The number of hydrogen-bond acceptors (Lipinski definition) is 4. The van der Waals surface area contributed by atoms with E-state index in [0.29, 0.717) is 12.8 Å². The molecule has 1 amide bonds. The van der Waals surface area contributed by atoms with Gasteiger partial charge in [-0.3, -0.25) is 0 Å². The van der Waals surface area contributed by atoms with Crippen molar-refractivity contribution in [2.45, 2.75) is 49.3 Å². The minimum Gasteiger partial charge on any atom is -0.480 e. The van der Waals surface area contributed by atoms with Crippen LogP contribution in [0.2, 0.25) is 0 Å². The van der Waals surface area contributed by atoms with Gasteiger partial charge in [0.05, 0.1) is 5.60 Å². The molecule has 2 fully saturated rings. The first-order valence-electron chi connectivity index (χ1n) is 12.7. The lowest BCUT2D eigenvalue weighted by Crippen LogP contribution is -2.53. The van der Waals surface area contributed by atoms with Crippen molar-refractivity contribution in [2.75, 3.05) is 13.2 Å². The number of fused-ring (bicyclic) bond motifs is 5. The second kappa shape index (κ2) is 9.62. The van der Waals surface area contributed by atoms with Crippen LogP contribution in [0.5, 0.6) is 0 Å². The first-order valence-corrected chi connectivity index (χ1v) is 13.5. The van der Waals surface area contributed by atoms with E-state index in [2.05, 4.69) is 40.2 Å². The Morgan fingerprint density at radius 3 is 2.03 bits per heavy atom. The third-order valence-electron chi connectivity index (χ3n) is 8.14. The maximum Gasteiger partial charge on any atom is 0.410 e. The molecule has 7 heteroatoms. The molecule has 0 spiro atoms. The number of amides is 1. The number of carboxylic acid groups (broad SMARTS) is 1. The standard InChI is InChI=1S/C30H28BrNO5/c31-20-11-9-19(10-12-20)30(37-18-28(33)34)15-21-13-14-22(16-30)32(21)29(35)36-17-27-25-7-3-1-5-23(25)24-6-2-4-8-26(24)27/h1-12,21-22,27H,13-18H2,(H,33,34). The fourth-order valence-corrected chi connectivity index (χ4v) is 6.83. The van der Waals surface area contributed by atoms with Crippen molar-refractivity contribution >= 4 is 28.0 Å². The molecule has 0 aromatic heterocycles. The van der Waals surface area contributed by atoms with Gasteiger partial charge < -0.3 is 19.5 Å². The lowest BCUT2D eigenvalue weighted by Gasteiger charge is -2.46. The van der Waals surface area contributed by atoms with Gasteiger partial charge in [0.25, 0.3) is 0 Å². The van der Waals surface area contributed by atoms with E-state index in [1.165, 1.54) is 22.3 Å². The Morgan fingerprint density at radius 1 is 0.892 bits per heavy atom. The molecule has 3 aromatic carbocycles. The summed E-state index contributed by atoms with van der Waals surface area (Å²) in [6.45, 7) is -0.0867. The molecular weight excluding hydrogens is 534 g/mol. The number of nitrogens with zero attached hydrogens (tertiary/aromatic N) is 1. The summed E-state index contributed by atoms with van der Waals surface area (Å²) in [5.41, 5.74) is 4.98. The fourth-order valence-electron chi connectivity index (χ4n) is 6.56. The van der Waals surface area contributed by atoms with Gasteiger partial charge in [0.15, 0.2) is 0 Å². The van der Waals surface area contributed by atoms with Crippen LogP contribution in [-0.2, 0) is 19.9 Å². The van der Waals surface area contributed by atoms with Crippen LogP contribution in [0.1, 0.15) is 48.3 Å². The van der Waals surface area contributed by atoms with Crippen molar-refractivity contribution in [3.63, 3.8) is 0 Å². The molecule has 2 heterocycles. The zero-order valence-corrected chi connectivity index (χ0v) is 21.9. The lowest BCUT2D eigenvalue weighted by atomic mass is 9.80. The number of ether oxygens (including phenoxy) is 2. The van der Waals surface area contributed by atoms with E-state index in [4.69, 9.17) is 9.47 Å². The van der Waals surface area contributed by atoms with E-state index in [1.807, 2.05) is 53.4 Å². The summed E-state index contributed by atoms with van der Waals surface area (Å²) in [5.74, 6) is -0.984. The molecule has 190 valence electrons. The second-order valence-electron chi connectivity index (χ2n) is 10.2. The normalized spacial score (nSPS) is 24.0. The highest BCUT2D eigenvalue weighted by Crippen LogP contribution is 2.49. The van der Waals surface area contributed by atoms with Crippen LogP contribution >= 0.6 is 15.9 Å². The molecular formula is C30H28BrNO5. The summed E-state index contributed by atoms with van der Waals surface area (Å²) < 4.78 is 13.0. The molecule has 37 heavy (non-hydrogen) atoms. The maximum atomic E-state index is 13.5. The minimum atomic E-state index is -0.997. The number of carbonyl (C=O) groups excluding carboxylic acids is 1. The van der Waals surface area contributed by atoms with Crippen molar-refractivity contribution in [1.82, 2.24) is 4.90 Å². The van der Waals surface area contributed by atoms with Crippen LogP contribution in [0.4, 0.5) is 4.79 Å². The molecule has 1 aliphatic carbocycles. The summed E-state index contributed by atoms with van der Waals surface area (Å²) in [5, 5.41) is 9.33. The number of piperidine rings is 1. The van der Waals surface area contributed by atoms with Crippen molar-refractivity contribution in [3.05, 3.63) is 94.0 Å². The van der Waals surface area contributed by atoms with Crippen LogP contribution in [0.25, 0.3) is 11.1 Å². The van der Waals surface area contributed by atoms with Gasteiger partial charge in [0.1, 0.15) is 13.2 Å². The number of aliphatic carboxylic acids is 1. The van der Waals surface area contributed by atoms with E-state index in [0.717, 1.165) is 22.9 Å². The van der Waals surface area contributed by atoms with E-state index in [9.17, 15) is 14.7 Å². The highest BCUT2D eigenvalue weighted by Gasteiger charge is 2.52. The van der Waals surface area contributed by atoms with Crippen molar-refractivity contribution in [2.24, 2.45) is 0 Å². The summed E-state index contributed by atoms with van der Waals surface area (Å²) >= 11 is 3.48. The number of hydrogen-bond donors (Lipinski definition) is 1. The molecule has 3 aromatic rings. The zero-order chi connectivity index (χ0) is 25.6. The third kappa shape index (κ3) is 4.34. The summed E-state index contributed by atoms with van der Waals surface area (Å²) in [6, 6.07) is 24.4. The fraction of sp³-hybridized carbons (Fsp3) is 0.333. The molecule has 3 aliphatic rings. The Hall–Kier alpha value is -3.16. The summed E-state index contributed by atoms with van der Waals surface area (Å²) in [7, 11) is 0. The number of rotatable bonds is 6. The molecule has 2 saturated heterocycles. The molecule has 2 unspecified atom stereocenters. The quantitative estimate of drug-likeness (QED) is 0.381. The van der Waals surface area contributed by atoms with E-state index in [1.54, 1.807) is 0 Å². The Kier molecular flexibility index (Phi) is 6.29. The van der Waals surface area contributed by atoms with Gasteiger partial charge in [-0.1, -0.05) is 76.6 Å². The highest BCUT2D eigenvalue weighted by atomic mass is 79.9. The maximum absolute atomic E-state index is 13.5. The molecule has 0 saturated carbocycles. The summed E-state index contributed by atoms with van der Waals surface area (Å²) in [6.07, 6.45) is 2.50. The minimum absolute atomic E-state index is 0.0135. The van der Waals surface area contributed by atoms with E-state index >= 15 is 0 Å². The van der Waals surface area contributed by atoms with Crippen LogP contribution < -0.4 is 0 Å². The molecule has 2 atom stereocenters.